The van der Waals surface area contributed by atoms with E-state index in [1.807, 2.05) is 0 Å². The second kappa shape index (κ2) is 7.38. The van der Waals surface area contributed by atoms with Crippen LogP contribution in [0.2, 0.25) is 0 Å². The maximum absolute atomic E-state index is 13.3. The number of ketones is 1. The van der Waals surface area contributed by atoms with Crippen LogP contribution in [-0.4, -0.2) is 28.2 Å². The van der Waals surface area contributed by atoms with Gasteiger partial charge in [0.15, 0.2) is 11.5 Å². The Morgan fingerprint density at radius 3 is 2.32 bits per heavy atom. The van der Waals surface area contributed by atoms with Crippen molar-refractivity contribution < 1.29 is 19.1 Å². The zero-order valence-corrected chi connectivity index (χ0v) is 15.3. The average Bonchev–Trinajstić information content (AvgIpc) is 2.79. The van der Waals surface area contributed by atoms with Gasteiger partial charge < -0.3 is 10.0 Å². The number of amides is 1. The standard InChI is InChI=1S/C20H26FNO3/c1-5-6-7-12-22-16(13-8-10-14(21)11-9-13)15(17(23)19(22)25)18(24)20(2,3)4/h8-11,16,23H,5-7,12H2,1-4H3. The summed E-state index contributed by atoms with van der Waals surface area (Å²) in [5.74, 6) is -1.67. The maximum atomic E-state index is 13.3. The molecule has 0 aromatic heterocycles. The van der Waals surface area contributed by atoms with Crippen molar-refractivity contribution in [2.45, 2.75) is 53.0 Å². The summed E-state index contributed by atoms with van der Waals surface area (Å²) in [5.41, 5.74) is 0.00454. The summed E-state index contributed by atoms with van der Waals surface area (Å²) in [4.78, 5) is 27.0. The van der Waals surface area contributed by atoms with Crippen LogP contribution in [0.4, 0.5) is 4.39 Å². The highest BCUT2D eigenvalue weighted by Crippen LogP contribution is 2.40. The number of benzene rings is 1. The van der Waals surface area contributed by atoms with Gasteiger partial charge in [0.1, 0.15) is 5.82 Å². The van der Waals surface area contributed by atoms with Crippen LogP contribution in [0.3, 0.4) is 0 Å². The number of unbranched alkanes of at least 4 members (excludes halogenated alkanes) is 2. The smallest absolute Gasteiger partial charge is 0.290 e. The lowest BCUT2D eigenvalue weighted by molar-refractivity contribution is -0.129. The third kappa shape index (κ3) is 3.91. The van der Waals surface area contributed by atoms with Crippen LogP contribution >= 0.6 is 0 Å². The van der Waals surface area contributed by atoms with E-state index in [-0.39, 0.29) is 17.2 Å². The first-order valence-electron chi connectivity index (χ1n) is 8.72. The minimum absolute atomic E-state index is 0.112. The SMILES string of the molecule is CCCCCN1C(=O)C(O)=C(C(=O)C(C)(C)C)C1c1ccc(F)cc1. The van der Waals surface area contributed by atoms with E-state index in [0.717, 1.165) is 19.3 Å². The molecule has 0 aliphatic carbocycles. The number of Topliss-reactive ketones (excluding diaryl/α,β-unsaturated/α-hetero) is 1. The second-order valence-corrected chi connectivity index (χ2v) is 7.50. The Morgan fingerprint density at radius 1 is 1.20 bits per heavy atom. The number of halogens is 1. The van der Waals surface area contributed by atoms with Crippen molar-refractivity contribution in [3.05, 3.63) is 47.0 Å². The predicted octanol–water partition coefficient (Wildman–Crippen LogP) is 4.33. The van der Waals surface area contributed by atoms with Crippen LogP contribution in [0.25, 0.3) is 0 Å². The fourth-order valence-corrected chi connectivity index (χ4v) is 3.04. The van der Waals surface area contributed by atoms with Crippen molar-refractivity contribution in [2.75, 3.05) is 6.54 Å². The van der Waals surface area contributed by atoms with Gasteiger partial charge in [0, 0.05) is 12.0 Å². The molecule has 1 heterocycles. The topological polar surface area (TPSA) is 57.6 Å². The molecule has 25 heavy (non-hydrogen) atoms. The molecule has 1 N–H and O–H groups in total. The third-order valence-electron chi connectivity index (χ3n) is 4.42. The van der Waals surface area contributed by atoms with Crippen molar-refractivity contribution in [2.24, 2.45) is 5.41 Å². The Balaban J connectivity index is 2.48. The zero-order chi connectivity index (χ0) is 18.8. The molecular weight excluding hydrogens is 321 g/mol. The van der Waals surface area contributed by atoms with Crippen LogP contribution < -0.4 is 0 Å². The van der Waals surface area contributed by atoms with Crippen molar-refractivity contribution >= 4 is 11.7 Å². The van der Waals surface area contributed by atoms with Crippen LogP contribution in [0, 0.1) is 11.2 Å². The summed E-state index contributed by atoms with van der Waals surface area (Å²) < 4.78 is 13.3. The quantitative estimate of drug-likeness (QED) is 0.780. The molecule has 1 atom stereocenters. The Hall–Kier alpha value is -2.17. The van der Waals surface area contributed by atoms with Crippen LogP contribution in [0.5, 0.6) is 0 Å². The number of hydrogen-bond donors (Lipinski definition) is 1. The van der Waals surface area contributed by atoms with Crippen LogP contribution in [-0.2, 0) is 9.59 Å². The molecule has 0 saturated heterocycles. The van der Waals surface area contributed by atoms with Gasteiger partial charge in [-0.15, -0.1) is 0 Å². The molecule has 0 bridgehead atoms. The number of hydrogen-bond acceptors (Lipinski definition) is 3. The van der Waals surface area contributed by atoms with Gasteiger partial charge in [-0.3, -0.25) is 9.59 Å². The largest absolute Gasteiger partial charge is 0.503 e. The van der Waals surface area contributed by atoms with E-state index in [2.05, 4.69) is 6.92 Å². The van der Waals surface area contributed by atoms with Gasteiger partial charge in [0.25, 0.3) is 5.91 Å². The number of rotatable bonds is 6. The zero-order valence-electron chi connectivity index (χ0n) is 15.3. The molecule has 4 nitrogen and oxygen atoms in total. The van der Waals surface area contributed by atoms with Crippen molar-refractivity contribution in [3.63, 3.8) is 0 Å². The van der Waals surface area contributed by atoms with Crippen molar-refractivity contribution in [1.82, 2.24) is 4.90 Å². The van der Waals surface area contributed by atoms with E-state index in [0.29, 0.717) is 12.1 Å². The lowest BCUT2D eigenvalue weighted by Gasteiger charge is -2.29. The molecule has 1 amide bonds. The molecule has 0 fully saturated rings. The molecule has 1 aliphatic heterocycles. The van der Waals surface area contributed by atoms with E-state index >= 15 is 0 Å². The van der Waals surface area contributed by atoms with E-state index in [1.165, 1.54) is 17.0 Å². The number of carbonyl (C=O) groups is 2. The first-order chi connectivity index (χ1) is 11.7. The molecule has 1 aromatic rings. The van der Waals surface area contributed by atoms with E-state index in [4.69, 9.17) is 0 Å². The van der Waals surface area contributed by atoms with Crippen molar-refractivity contribution in [1.29, 1.82) is 0 Å². The fraction of sp³-hybridized carbons (Fsp3) is 0.500. The predicted molar refractivity (Wildman–Crippen MR) is 94.5 cm³/mol. The molecule has 5 heteroatoms. The second-order valence-electron chi connectivity index (χ2n) is 7.50. The molecule has 0 radical (unpaired) electrons. The number of aliphatic hydroxyl groups is 1. The first kappa shape index (κ1) is 19.2. The minimum Gasteiger partial charge on any atom is -0.503 e. The number of aliphatic hydroxyl groups excluding tert-OH is 1. The summed E-state index contributed by atoms with van der Waals surface area (Å²) in [7, 11) is 0. The Morgan fingerprint density at radius 2 is 1.80 bits per heavy atom. The van der Waals surface area contributed by atoms with Gasteiger partial charge in [0.2, 0.25) is 0 Å². The highest BCUT2D eigenvalue weighted by molar-refractivity contribution is 6.10. The molecular formula is C20H26FNO3. The Kier molecular flexibility index (Phi) is 5.65. The molecule has 1 unspecified atom stereocenters. The lowest BCUT2D eigenvalue weighted by atomic mass is 9.82. The molecule has 1 aromatic carbocycles. The van der Waals surface area contributed by atoms with Gasteiger partial charge in [0.05, 0.1) is 11.6 Å². The van der Waals surface area contributed by atoms with Gasteiger partial charge in [-0.05, 0) is 24.1 Å². The Bertz CT molecular complexity index is 686. The summed E-state index contributed by atoms with van der Waals surface area (Å²) >= 11 is 0. The third-order valence-corrected chi connectivity index (χ3v) is 4.42. The summed E-state index contributed by atoms with van der Waals surface area (Å²) in [5, 5.41) is 10.4. The summed E-state index contributed by atoms with van der Waals surface area (Å²) in [6.45, 7) is 7.76. The minimum atomic E-state index is -0.735. The van der Waals surface area contributed by atoms with Gasteiger partial charge in [-0.25, -0.2) is 4.39 Å². The first-order valence-corrected chi connectivity index (χ1v) is 8.72. The van der Waals surface area contributed by atoms with Crippen LogP contribution in [0.1, 0.15) is 58.6 Å². The van der Waals surface area contributed by atoms with Gasteiger partial charge in [-0.2, -0.15) is 0 Å². The lowest BCUT2D eigenvalue weighted by Crippen LogP contribution is -2.33. The van der Waals surface area contributed by atoms with E-state index < -0.39 is 23.1 Å². The normalized spacial score (nSPS) is 18.2. The molecule has 136 valence electrons. The molecule has 2 rings (SSSR count). The van der Waals surface area contributed by atoms with Gasteiger partial charge >= 0.3 is 0 Å². The fourth-order valence-electron chi connectivity index (χ4n) is 3.04. The molecule has 1 aliphatic rings. The highest BCUT2D eigenvalue weighted by Gasteiger charge is 2.45. The number of carbonyl (C=O) groups excluding carboxylic acids is 2. The monoisotopic (exact) mass is 347 g/mol. The van der Waals surface area contributed by atoms with E-state index in [9.17, 15) is 19.1 Å². The average molecular weight is 347 g/mol. The Labute approximate surface area is 148 Å². The summed E-state index contributed by atoms with van der Waals surface area (Å²) in [6, 6.07) is 5.07. The molecule has 0 saturated carbocycles. The highest BCUT2D eigenvalue weighted by atomic mass is 19.1. The van der Waals surface area contributed by atoms with Gasteiger partial charge in [-0.1, -0.05) is 52.7 Å². The van der Waals surface area contributed by atoms with Crippen molar-refractivity contribution in [3.8, 4) is 0 Å². The number of nitrogens with zero attached hydrogens (tertiary/aromatic N) is 1. The molecule has 0 spiro atoms. The summed E-state index contributed by atoms with van der Waals surface area (Å²) in [6.07, 6.45) is 2.73. The van der Waals surface area contributed by atoms with E-state index in [1.54, 1.807) is 32.9 Å². The maximum Gasteiger partial charge on any atom is 0.290 e. The van der Waals surface area contributed by atoms with Crippen LogP contribution in [0.15, 0.2) is 35.6 Å².